The molecule has 1 aromatic rings. The van der Waals surface area contributed by atoms with Gasteiger partial charge in [0.15, 0.2) is 0 Å². The van der Waals surface area contributed by atoms with Crippen LogP contribution in [0.1, 0.15) is 27.7 Å². The van der Waals surface area contributed by atoms with Crippen LogP contribution in [0.4, 0.5) is 0 Å². The molecule has 1 heterocycles. The molecule has 18 heavy (non-hydrogen) atoms. The predicted octanol–water partition coefficient (Wildman–Crippen LogP) is 2.76. The molecule has 1 aliphatic heterocycles. The Morgan fingerprint density at radius 3 is 2.17 bits per heavy atom. The SMILES string of the molecule is COc1ccc(Br)c(B2OC(C)(C)C(C)(C)O2)c1. The molecule has 0 saturated carbocycles. The van der Waals surface area contributed by atoms with Crippen LogP contribution in [0.25, 0.3) is 0 Å². The maximum Gasteiger partial charge on any atom is 0.496 e. The molecule has 0 radical (unpaired) electrons. The first-order chi connectivity index (χ1) is 8.27. The molecular weight excluding hydrogens is 295 g/mol. The van der Waals surface area contributed by atoms with E-state index < -0.39 is 0 Å². The minimum atomic E-state index is -0.375. The lowest BCUT2D eigenvalue weighted by Gasteiger charge is -2.32. The van der Waals surface area contributed by atoms with E-state index in [1.807, 2.05) is 45.9 Å². The minimum absolute atomic E-state index is 0.333. The van der Waals surface area contributed by atoms with Crippen LogP contribution in [0.5, 0.6) is 5.75 Å². The molecule has 0 aromatic heterocycles. The standard InChI is InChI=1S/C13H18BBrO3/c1-12(2)13(3,4)18-14(17-12)10-8-9(16-5)6-7-11(10)15/h6-8H,1-5H3. The Bertz CT molecular complexity index is 444. The third kappa shape index (κ3) is 2.31. The lowest BCUT2D eigenvalue weighted by Crippen LogP contribution is -2.41. The second-order valence-corrected chi connectivity index (χ2v) is 6.33. The molecule has 0 amide bonds. The number of halogens is 1. The fraction of sp³-hybridized carbons (Fsp3) is 0.538. The molecule has 0 spiro atoms. The highest BCUT2D eigenvalue weighted by molar-refractivity contribution is 9.10. The minimum Gasteiger partial charge on any atom is -0.497 e. The fourth-order valence-corrected chi connectivity index (χ4v) is 2.23. The van der Waals surface area contributed by atoms with E-state index in [2.05, 4.69) is 15.9 Å². The summed E-state index contributed by atoms with van der Waals surface area (Å²) in [5.74, 6) is 0.794. The van der Waals surface area contributed by atoms with Crippen molar-refractivity contribution < 1.29 is 14.0 Å². The first-order valence-electron chi connectivity index (χ1n) is 5.96. The van der Waals surface area contributed by atoms with Gasteiger partial charge < -0.3 is 14.0 Å². The summed E-state index contributed by atoms with van der Waals surface area (Å²) in [4.78, 5) is 0. The molecule has 0 atom stereocenters. The van der Waals surface area contributed by atoms with Crippen molar-refractivity contribution in [2.75, 3.05) is 7.11 Å². The van der Waals surface area contributed by atoms with E-state index >= 15 is 0 Å². The van der Waals surface area contributed by atoms with E-state index in [0.29, 0.717) is 0 Å². The van der Waals surface area contributed by atoms with Crippen molar-refractivity contribution in [2.24, 2.45) is 0 Å². The highest BCUT2D eigenvalue weighted by Crippen LogP contribution is 2.37. The van der Waals surface area contributed by atoms with Gasteiger partial charge in [-0.3, -0.25) is 0 Å². The Morgan fingerprint density at radius 2 is 1.67 bits per heavy atom. The molecule has 0 unspecified atom stereocenters. The largest absolute Gasteiger partial charge is 0.497 e. The van der Waals surface area contributed by atoms with E-state index in [9.17, 15) is 0 Å². The lowest BCUT2D eigenvalue weighted by molar-refractivity contribution is 0.00578. The Hall–Kier alpha value is -0.515. The average molecular weight is 313 g/mol. The van der Waals surface area contributed by atoms with Gasteiger partial charge in [-0.2, -0.15) is 0 Å². The summed E-state index contributed by atoms with van der Waals surface area (Å²) in [6.07, 6.45) is 0. The summed E-state index contributed by atoms with van der Waals surface area (Å²) >= 11 is 3.53. The Kier molecular flexibility index (Phi) is 3.51. The van der Waals surface area contributed by atoms with Crippen molar-refractivity contribution in [3.05, 3.63) is 22.7 Å². The van der Waals surface area contributed by atoms with Crippen LogP contribution < -0.4 is 10.2 Å². The number of methoxy groups -OCH3 is 1. The van der Waals surface area contributed by atoms with Crippen molar-refractivity contribution in [1.82, 2.24) is 0 Å². The zero-order valence-corrected chi connectivity index (χ0v) is 13.0. The van der Waals surface area contributed by atoms with Gasteiger partial charge in [0.1, 0.15) is 5.75 Å². The first-order valence-corrected chi connectivity index (χ1v) is 6.75. The monoisotopic (exact) mass is 312 g/mol. The molecule has 0 N–H and O–H groups in total. The molecule has 1 aromatic carbocycles. The zero-order chi connectivity index (χ0) is 13.6. The summed E-state index contributed by atoms with van der Waals surface area (Å²) in [7, 11) is 1.27. The lowest BCUT2D eigenvalue weighted by atomic mass is 9.79. The molecule has 3 nitrogen and oxygen atoms in total. The van der Waals surface area contributed by atoms with Crippen molar-refractivity contribution >= 4 is 28.5 Å². The van der Waals surface area contributed by atoms with Gasteiger partial charge in [0.25, 0.3) is 0 Å². The third-order valence-corrected chi connectivity index (χ3v) is 4.43. The van der Waals surface area contributed by atoms with Gasteiger partial charge in [-0.1, -0.05) is 15.9 Å². The normalized spacial score (nSPS) is 21.1. The van der Waals surface area contributed by atoms with Gasteiger partial charge in [0.05, 0.1) is 18.3 Å². The van der Waals surface area contributed by atoms with Gasteiger partial charge in [-0.25, -0.2) is 0 Å². The number of hydrogen-bond acceptors (Lipinski definition) is 3. The van der Waals surface area contributed by atoms with Crippen LogP contribution in [0.15, 0.2) is 22.7 Å². The molecule has 0 aliphatic carbocycles. The maximum atomic E-state index is 6.02. The van der Waals surface area contributed by atoms with Crippen molar-refractivity contribution in [3.63, 3.8) is 0 Å². The average Bonchev–Trinajstić information content (AvgIpc) is 2.48. The predicted molar refractivity (Wildman–Crippen MR) is 76.4 cm³/mol. The Balaban J connectivity index is 2.34. The van der Waals surface area contributed by atoms with Crippen molar-refractivity contribution in [3.8, 4) is 5.75 Å². The summed E-state index contributed by atoms with van der Waals surface area (Å²) in [6.45, 7) is 8.17. The zero-order valence-electron chi connectivity index (χ0n) is 11.4. The van der Waals surface area contributed by atoms with Gasteiger partial charge in [-0.15, -0.1) is 0 Å². The summed E-state index contributed by atoms with van der Waals surface area (Å²) in [6, 6.07) is 5.78. The second kappa shape index (κ2) is 4.55. The number of hydrogen-bond donors (Lipinski definition) is 0. The molecule has 1 fully saturated rings. The highest BCUT2D eigenvalue weighted by atomic mass is 79.9. The van der Waals surface area contributed by atoms with Crippen molar-refractivity contribution in [2.45, 2.75) is 38.9 Å². The Labute approximate surface area is 117 Å². The molecule has 0 bridgehead atoms. The molecule has 98 valence electrons. The van der Waals surface area contributed by atoms with Crippen LogP contribution in [-0.4, -0.2) is 25.4 Å². The van der Waals surface area contributed by atoms with Crippen LogP contribution >= 0.6 is 15.9 Å². The van der Waals surface area contributed by atoms with Gasteiger partial charge in [-0.05, 0) is 45.9 Å². The maximum absolute atomic E-state index is 6.02. The number of ether oxygens (including phenoxy) is 1. The molecule has 1 saturated heterocycles. The quantitative estimate of drug-likeness (QED) is 0.786. The van der Waals surface area contributed by atoms with E-state index in [1.54, 1.807) is 7.11 Å². The molecule has 1 aliphatic rings. The summed E-state index contributed by atoms with van der Waals surface area (Å²) in [5, 5.41) is 0. The molecular formula is C13H18BBrO3. The van der Waals surface area contributed by atoms with E-state index in [0.717, 1.165) is 15.7 Å². The topological polar surface area (TPSA) is 27.7 Å². The van der Waals surface area contributed by atoms with Crippen LogP contribution in [0, 0.1) is 0 Å². The number of rotatable bonds is 2. The van der Waals surface area contributed by atoms with Crippen LogP contribution in [-0.2, 0) is 9.31 Å². The summed E-state index contributed by atoms with van der Waals surface area (Å²) in [5.41, 5.74) is 0.286. The van der Waals surface area contributed by atoms with E-state index in [4.69, 9.17) is 14.0 Å². The number of benzene rings is 1. The smallest absolute Gasteiger partial charge is 0.496 e. The summed E-state index contributed by atoms with van der Waals surface area (Å²) < 4.78 is 18.2. The van der Waals surface area contributed by atoms with E-state index in [-0.39, 0.29) is 18.3 Å². The van der Waals surface area contributed by atoms with Gasteiger partial charge >= 0.3 is 7.12 Å². The van der Waals surface area contributed by atoms with Crippen LogP contribution in [0.2, 0.25) is 0 Å². The Morgan fingerprint density at radius 1 is 1.11 bits per heavy atom. The van der Waals surface area contributed by atoms with E-state index in [1.165, 1.54) is 0 Å². The molecule has 2 rings (SSSR count). The second-order valence-electron chi connectivity index (χ2n) is 5.48. The highest BCUT2D eigenvalue weighted by Gasteiger charge is 2.52. The fourth-order valence-electron chi connectivity index (χ4n) is 1.80. The van der Waals surface area contributed by atoms with Gasteiger partial charge in [0, 0.05) is 9.94 Å². The van der Waals surface area contributed by atoms with Gasteiger partial charge in [0.2, 0.25) is 0 Å². The van der Waals surface area contributed by atoms with Crippen molar-refractivity contribution in [1.29, 1.82) is 0 Å². The third-order valence-electron chi connectivity index (χ3n) is 3.71. The molecule has 5 heteroatoms. The first kappa shape index (κ1) is 13.9. The van der Waals surface area contributed by atoms with Crippen LogP contribution in [0.3, 0.4) is 0 Å².